The van der Waals surface area contributed by atoms with Gasteiger partial charge < -0.3 is 41.4 Å². The van der Waals surface area contributed by atoms with Gasteiger partial charge in [0.05, 0.1) is 19.7 Å². The summed E-state index contributed by atoms with van der Waals surface area (Å²) in [4.78, 5) is 58.8. The number of nitrogens with one attached hydrogen (secondary N) is 2. The third-order valence-electron chi connectivity index (χ3n) is 6.32. The van der Waals surface area contributed by atoms with Crippen LogP contribution in [-0.4, -0.2) is 69.4 Å². The second-order valence-corrected chi connectivity index (χ2v) is 11.2. The molecule has 2 N–H and O–H groups in total. The summed E-state index contributed by atoms with van der Waals surface area (Å²) in [5, 5.41) is 25.3. The molecular formula is C34H57BrN6Na2O9. The van der Waals surface area contributed by atoms with Gasteiger partial charge in [-0.25, -0.2) is 14.1 Å². The third kappa shape index (κ3) is 32.3. The Labute approximate surface area is 363 Å². The number of aliphatic carboxylic acids is 1. The Morgan fingerprint density at radius 1 is 0.962 bits per heavy atom. The monoisotopic (exact) mass is 818 g/mol. The number of ether oxygens (including phenoxy) is 1. The smallest absolute Gasteiger partial charge is 1.00 e. The molecule has 0 aromatic carbocycles. The van der Waals surface area contributed by atoms with Crippen LogP contribution in [0.25, 0.3) is 0 Å². The fourth-order valence-electron chi connectivity index (χ4n) is 3.70. The minimum absolute atomic E-state index is 0. The Kier molecular flexibility index (Phi) is 43.6. The minimum atomic E-state index is -1.01. The molecule has 0 bridgehead atoms. The third-order valence-corrected chi connectivity index (χ3v) is 6.88. The van der Waals surface area contributed by atoms with E-state index in [9.17, 15) is 24.3 Å². The first kappa shape index (κ1) is 59.0. The van der Waals surface area contributed by atoms with E-state index in [-0.39, 0.29) is 98.6 Å². The summed E-state index contributed by atoms with van der Waals surface area (Å²) >= 11 is 3.22. The maximum atomic E-state index is 11.3. The van der Waals surface area contributed by atoms with Crippen molar-refractivity contribution >= 4 is 46.2 Å². The number of amides is 2. The fourth-order valence-corrected chi connectivity index (χ4v) is 3.98. The average molecular weight is 820 g/mol. The van der Waals surface area contributed by atoms with E-state index in [2.05, 4.69) is 63.5 Å². The number of carbonyl (C=O) groups is 5. The second-order valence-electron chi connectivity index (χ2n) is 10.4. The number of carboxylic acids is 1. The number of halogens is 1. The Balaban J connectivity index is -0.000000152. The number of esters is 1. The van der Waals surface area contributed by atoms with E-state index in [0.717, 1.165) is 49.3 Å². The van der Waals surface area contributed by atoms with Crippen LogP contribution in [0.1, 0.15) is 79.8 Å². The molecule has 0 aliphatic heterocycles. The van der Waals surface area contributed by atoms with Crippen LogP contribution in [0.5, 0.6) is 0 Å². The normalized spacial score (nSPS) is 9.06. The summed E-state index contributed by atoms with van der Waals surface area (Å²) in [5.41, 5.74) is 1.06. The van der Waals surface area contributed by atoms with Crippen molar-refractivity contribution in [2.75, 3.05) is 25.0 Å². The van der Waals surface area contributed by atoms with Gasteiger partial charge in [-0.05, 0) is 53.4 Å². The first-order valence-electron chi connectivity index (χ1n) is 15.8. The molecule has 2 rings (SSSR count). The number of carboxylic acid groups (broad SMARTS) is 1. The van der Waals surface area contributed by atoms with Crippen molar-refractivity contribution in [2.45, 2.75) is 100 Å². The predicted molar refractivity (Wildman–Crippen MR) is 190 cm³/mol. The summed E-state index contributed by atoms with van der Waals surface area (Å²) in [5.74, 6) is 0.771. The number of aromatic nitrogens is 4. The van der Waals surface area contributed by atoms with Crippen LogP contribution in [0.3, 0.4) is 0 Å². The van der Waals surface area contributed by atoms with Crippen molar-refractivity contribution in [1.29, 1.82) is 0 Å². The average Bonchev–Trinajstić information content (AvgIpc) is 3.64. The molecule has 0 unspecified atom stereocenters. The number of nitrogens with zero attached hydrogens (tertiary/aromatic N) is 4. The summed E-state index contributed by atoms with van der Waals surface area (Å²) < 4.78 is 10.9. The van der Waals surface area contributed by atoms with E-state index >= 15 is 0 Å². The molecule has 2 aromatic rings. The van der Waals surface area contributed by atoms with Crippen molar-refractivity contribution in [3.8, 4) is 0 Å². The molecule has 0 aliphatic rings. The molecule has 0 saturated heterocycles. The molecule has 0 radical (unpaired) electrons. The van der Waals surface area contributed by atoms with Crippen LogP contribution in [-0.2, 0) is 53.2 Å². The zero-order chi connectivity index (χ0) is 37.6. The van der Waals surface area contributed by atoms with E-state index in [1.807, 2.05) is 43.9 Å². The summed E-state index contributed by atoms with van der Waals surface area (Å²) in [6.45, 7) is 20.2. The van der Waals surface area contributed by atoms with Crippen LogP contribution >= 0.6 is 15.9 Å². The van der Waals surface area contributed by atoms with Gasteiger partial charge in [0, 0.05) is 74.2 Å². The van der Waals surface area contributed by atoms with E-state index in [0.29, 0.717) is 50.2 Å². The van der Waals surface area contributed by atoms with Crippen molar-refractivity contribution < 1.29 is 109 Å². The molecule has 52 heavy (non-hydrogen) atoms. The van der Waals surface area contributed by atoms with Gasteiger partial charge in [0.1, 0.15) is 18.2 Å². The Bertz CT molecular complexity index is 1310. The zero-order valence-electron chi connectivity index (χ0n) is 32.3. The SMILES string of the molecule is C.C=C(C)C(=O)NCCC[n+]1ccn(CCCC(=O)[O-])c1C.C=C(C)C(=O)NCCCn1ccnc1C.CCOC(=O)CCCBr.O=CO[O-].[H-].[Na+].[Na+]. The number of carbonyl (C=O) groups excluding carboxylic acids is 5. The molecule has 2 aromatic heterocycles. The molecule has 18 heteroatoms. The van der Waals surface area contributed by atoms with E-state index in [1.54, 1.807) is 20.0 Å². The van der Waals surface area contributed by atoms with Gasteiger partial charge in [0.2, 0.25) is 11.8 Å². The van der Waals surface area contributed by atoms with Gasteiger partial charge in [-0.3, -0.25) is 19.2 Å². The molecule has 2 heterocycles. The number of alkyl halides is 1. The molecule has 286 valence electrons. The molecule has 15 nitrogen and oxygen atoms in total. The second kappa shape index (κ2) is 38.4. The topological polar surface area (TPSA) is 201 Å². The number of imidazole rings is 2. The minimum Gasteiger partial charge on any atom is -1.00 e. The van der Waals surface area contributed by atoms with Crippen LogP contribution < -0.4 is 84.7 Å². The molecule has 0 fully saturated rings. The van der Waals surface area contributed by atoms with Gasteiger partial charge in [-0.2, -0.15) is 0 Å². The Morgan fingerprint density at radius 2 is 1.50 bits per heavy atom. The van der Waals surface area contributed by atoms with Crippen molar-refractivity contribution in [1.82, 2.24) is 24.8 Å². The Morgan fingerprint density at radius 3 is 1.94 bits per heavy atom. The van der Waals surface area contributed by atoms with Gasteiger partial charge in [0.15, 0.2) is 0 Å². The first-order valence-corrected chi connectivity index (χ1v) is 16.9. The molecule has 2 amide bonds. The largest absolute Gasteiger partial charge is 1.00 e. The molecule has 0 atom stereocenters. The standard InChI is InChI=1S/C15H23N3O3.C11H17N3O.C6H11BrO2.CH2O3.CH4.2Na.H/c1-12(2)15(21)16-7-5-9-18-11-10-17(13(18)3)8-4-6-14(19)20;1-9(2)11(15)13-5-4-7-14-8-6-12-10(14)3;1-2-9-6(8)4-3-5-7;2-1-4-3;;;;/h10-11H,1,4-9H2,2-3H3,(H-,16,19,20,21);6,8H,1,4-5,7H2,2-3H3,(H,13,15);2-5H2,1H3;1,3H;1H4;;;/q;;;;;2*+1;-1/p-1. The summed E-state index contributed by atoms with van der Waals surface area (Å²) in [6.07, 6.45) is 11.4. The van der Waals surface area contributed by atoms with E-state index in [4.69, 9.17) is 10.1 Å². The fraction of sp³-hybridized carbons (Fsp3) is 0.559. The number of aryl methyl sites for hydroxylation is 4. The predicted octanol–water partition coefficient (Wildman–Crippen LogP) is -4.11. The molecular weight excluding hydrogens is 762 g/mol. The van der Waals surface area contributed by atoms with Crippen LogP contribution in [0.4, 0.5) is 0 Å². The number of hydrogen-bond acceptors (Lipinski definition) is 10. The molecule has 0 saturated carbocycles. The van der Waals surface area contributed by atoms with Gasteiger partial charge in [0.25, 0.3) is 12.3 Å². The maximum Gasteiger partial charge on any atom is 1.00 e. The summed E-state index contributed by atoms with van der Waals surface area (Å²) in [7, 11) is 0. The van der Waals surface area contributed by atoms with Crippen molar-refractivity contribution in [3.05, 3.63) is 60.7 Å². The van der Waals surface area contributed by atoms with Gasteiger partial charge in [-0.1, -0.05) is 36.5 Å². The Hall–Kier alpha value is -2.31. The van der Waals surface area contributed by atoms with Gasteiger partial charge in [-0.15, -0.1) is 0 Å². The van der Waals surface area contributed by atoms with Crippen LogP contribution in [0, 0.1) is 13.8 Å². The first-order chi connectivity index (χ1) is 23.2. The molecule has 0 aliphatic carbocycles. The number of hydrogen-bond donors (Lipinski definition) is 2. The maximum absolute atomic E-state index is 11.3. The summed E-state index contributed by atoms with van der Waals surface area (Å²) in [6, 6.07) is 0. The van der Waals surface area contributed by atoms with Crippen LogP contribution in [0.2, 0.25) is 0 Å². The zero-order valence-corrected chi connectivity index (χ0v) is 36.9. The van der Waals surface area contributed by atoms with Crippen molar-refractivity contribution in [3.63, 3.8) is 0 Å². The van der Waals surface area contributed by atoms with Crippen LogP contribution in [0.15, 0.2) is 49.1 Å². The van der Waals surface area contributed by atoms with E-state index < -0.39 is 5.97 Å². The van der Waals surface area contributed by atoms with Gasteiger partial charge >= 0.3 is 65.1 Å². The quantitative estimate of drug-likeness (QED) is 0.0162. The number of rotatable bonds is 19. The van der Waals surface area contributed by atoms with E-state index in [1.165, 1.54) is 0 Å². The van der Waals surface area contributed by atoms with Crippen molar-refractivity contribution in [2.24, 2.45) is 0 Å². The molecule has 0 spiro atoms.